The molecule has 3 rings (SSSR count). The Morgan fingerprint density at radius 3 is 2.47 bits per heavy atom. The second-order valence-corrected chi connectivity index (χ2v) is 12.0. The van der Waals surface area contributed by atoms with Gasteiger partial charge in [0.05, 0.1) is 22.1 Å². The van der Waals surface area contributed by atoms with Gasteiger partial charge in [-0.15, -0.1) is 23.5 Å². The molecule has 1 saturated heterocycles. The van der Waals surface area contributed by atoms with Crippen LogP contribution in [0.25, 0.3) is 10.8 Å². The van der Waals surface area contributed by atoms with E-state index in [0.29, 0.717) is 17.6 Å². The van der Waals surface area contributed by atoms with Crippen LogP contribution in [0.15, 0.2) is 24.3 Å². The van der Waals surface area contributed by atoms with Crippen LogP contribution in [0.5, 0.6) is 11.5 Å². The lowest BCUT2D eigenvalue weighted by molar-refractivity contribution is -0.153. The number of ether oxygens (including phenoxy) is 2. The van der Waals surface area contributed by atoms with Crippen molar-refractivity contribution >= 4 is 46.0 Å². The fourth-order valence-electron chi connectivity index (χ4n) is 3.68. The Morgan fingerprint density at radius 1 is 1.20 bits per heavy atom. The minimum atomic E-state index is -0.681. The average molecular weight is 449 g/mol. The highest BCUT2D eigenvalue weighted by atomic mass is 32.2. The molecule has 1 fully saturated rings. The van der Waals surface area contributed by atoms with E-state index in [9.17, 15) is 14.7 Å². The summed E-state index contributed by atoms with van der Waals surface area (Å²) in [5.41, 5.74) is 0.248. The predicted octanol–water partition coefficient (Wildman–Crippen LogP) is 5.21. The zero-order chi connectivity index (χ0) is 22.1. The van der Waals surface area contributed by atoms with Gasteiger partial charge in [0.1, 0.15) is 23.5 Å². The van der Waals surface area contributed by atoms with Crippen LogP contribution in [-0.2, 0) is 16.0 Å². The number of aromatic hydroxyl groups is 1. The number of esters is 1. The molecule has 0 aromatic heterocycles. The summed E-state index contributed by atoms with van der Waals surface area (Å²) in [7, 11) is 1.52. The highest BCUT2D eigenvalue weighted by Gasteiger charge is 2.34. The Morgan fingerprint density at radius 2 is 1.87 bits per heavy atom. The van der Waals surface area contributed by atoms with E-state index in [1.807, 2.05) is 41.7 Å². The van der Waals surface area contributed by atoms with Crippen LogP contribution >= 0.6 is 23.5 Å². The van der Waals surface area contributed by atoms with E-state index >= 15 is 0 Å². The highest BCUT2D eigenvalue weighted by Crippen LogP contribution is 2.48. The van der Waals surface area contributed by atoms with Gasteiger partial charge >= 0.3 is 5.97 Å². The molecule has 0 radical (unpaired) electrons. The van der Waals surface area contributed by atoms with Crippen molar-refractivity contribution in [3.63, 3.8) is 0 Å². The molecule has 162 valence electrons. The number of phenols is 1. The number of thioether (sulfide) groups is 2. The van der Waals surface area contributed by atoms with Gasteiger partial charge in [0.2, 0.25) is 0 Å². The van der Waals surface area contributed by atoms with Crippen molar-refractivity contribution in [2.75, 3.05) is 18.6 Å². The molecule has 1 N–H and O–H groups in total. The summed E-state index contributed by atoms with van der Waals surface area (Å²) in [4.78, 5) is 25.5. The third-order valence-corrected chi connectivity index (χ3v) is 8.11. The van der Waals surface area contributed by atoms with Crippen LogP contribution in [-0.4, -0.2) is 45.2 Å². The Hall–Kier alpha value is -1.86. The zero-order valence-corrected chi connectivity index (χ0v) is 19.7. The summed E-state index contributed by atoms with van der Waals surface area (Å²) >= 11 is 3.71. The summed E-state index contributed by atoms with van der Waals surface area (Å²) in [6.07, 6.45) is 0.188. The molecular weight excluding hydrogens is 420 g/mol. The molecule has 1 heterocycles. The van der Waals surface area contributed by atoms with Crippen molar-refractivity contribution in [3.8, 4) is 11.5 Å². The van der Waals surface area contributed by atoms with Crippen LogP contribution in [0.3, 0.4) is 0 Å². The lowest BCUT2D eigenvalue weighted by atomic mass is 9.92. The first kappa shape index (κ1) is 22.8. The summed E-state index contributed by atoms with van der Waals surface area (Å²) < 4.78 is 10.6. The molecule has 0 saturated carbocycles. The molecule has 1 aliphatic rings. The molecule has 5 nitrogen and oxygen atoms in total. The van der Waals surface area contributed by atoms with Crippen molar-refractivity contribution in [2.24, 2.45) is 0 Å². The smallest absolute Gasteiger partial charge is 0.314 e. The van der Waals surface area contributed by atoms with E-state index in [2.05, 4.69) is 6.92 Å². The quantitative estimate of drug-likeness (QED) is 0.369. The van der Waals surface area contributed by atoms with Gasteiger partial charge in [-0.1, -0.05) is 12.1 Å². The first-order valence-electron chi connectivity index (χ1n) is 9.87. The highest BCUT2D eigenvalue weighted by molar-refractivity contribution is 8.21. The minimum absolute atomic E-state index is 0.0834. The fraction of sp³-hybridized carbons (Fsp3) is 0.478. The summed E-state index contributed by atoms with van der Waals surface area (Å²) in [5, 5.41) is 12.4. The van der Waals surface area contributed by atoms with Crippen molar-refractivity contribution in [1.29, 1.82) is 0 Å². The topological polar surface area (TPSA) is 72.8 Å². The second kappa shape index (κ2) is 8.71. The number of carbonyl (C=O) groups is 2. The van der Waals surface area contributed by atoms with Gasteiger partial charge in [0.25, 0.3) is 0 Å². The first-order chi connectivity index (χ1) is 14.0. The van der Waals surface area contributed by atoms with Crippen LogP contribution in [0, 0.1) is 0 Å². The lowest BCUT2D eigenvalue weighted by Gasteiger charge is -2.24. The largest absolute Gasteiger partial charge is 0.506 e. The van der Waals surface area contributed by atoms with E-state index in [4.69, 9.17) is 9.47 Å². The molecule has 0 aliphatic carbocycles. The van der Waals surface area contributed by atoms with Crippen LogP contribution in [0.1, 0.15) is 50.0 Å². The fourth-order valence-corrected chi connectivity index (χ4v) is 6.56. The monoisotopic (exact) mass is 448 g/mol. The number of fused-ring (bicyclic) bond motifs is 1. The number of rotatable bonds is 6. The number of benzene rings is 2. The average Bonchev–Trinajstić information content (AvgIpc) is 3.05. The van der Waals surface area contributed by atoms with Gasteiger partial charge in [-0.05, 0) is 57.2 Å². The lowest BCUT2D eigenvalue weighted by Crippen LogP contribution is -2.26. The molecule has 0 spiro atoms. The maximum absolute atomic E-state index is 13.2. The van der Waals surface area contributed by atoms with E-state index in [1.54, 1.807) is 26.8 Å². The molecule has 0 unspecified atom stereocenters. The van der Waals surface area contributed by atoms with Gasteiger partial charge in [-0.2, -0.15) is 0 Å². The number of phenolic OH excluding ortho intramolecular Hbond substituents is 1. The van der Waals surface area contributed by atoms with E-state index in [1.165, 1.54) is 7.11 Å². The Kier molecular flexibility index (Phi) is 6.63. The van der Waals surface area contributed by atoms with E-state index in [0.717, 1.165) is 22.5 Å². The second-order valence-electron chi connectivity index (χ2n) is 8.51. The van der Waals surface area contributed by atoms with Gasteiger partial charge in [-0.3, -0.25) is 9.59 Å². The number of ketones is 1. The normalized spacial score (nSPS) is 15.9. The Bertz CT molecular complexity index is 972. The van der Waals surface area contributed by atoms with Crippen LogP contribution in [0.4, 0.5) is 0 Å². The number of hydrogen-bond acceptors (Lipinski definition) is 7. The minimum Gasteiger partial charge on any atom is -0.506 e. The van der Waals surface area contributed by atoms with E-state index in [-0.39, 0.29) is 15.4 Å². The number of methoxy groups -OCH3 is 1. The van der Waals surface area contributed by atoms with Gasteiger partial charge in [0, 0.05) is 11.5 Å². The maximum atomic E-state index is 13.2. The van der Waals surface area contributed by atoms with Crippen molar-refractivity contribution in [3.05, 3.63) is 35.4 Å². The van der Waals surface area contributed by atoms with Crippen molar-refractivity contribution in [1.82, 2.24) is 0 Å². The zero-order valence-electron chi connectivity index (χ0n) is 18.0. The van der Waals surface area contributed by atoms with E-state index < -0.39 is 23.8 Å². The van der Waals surface area contributed by atoms with Gasteiger partial charge in [0.15, 0.2) is 5.78 Å². The standard InChI is InChI=1S/C23H28O5S2/c1-22(2,3)28-18(25)12-16(24)19-15(13-23(4)29-9-10-30-23)11-14-7-6-8-17(27-5)20(14)21(19)26/h6-8,11,26H,9-10,12-13H2,1-5H3. The number of Topliss-reactive ketones (excluding diaryl/α,β-unsaturated/α-hetero) is 1. The van der Waals surface area contributed by atoms with Crippen LogP contribution < -0.4 is 4.74 Å². The summed E-state index contributed by atoms with van der Waals surface area (Å²) in [5.74, 6) is 1.41. The Labute approximate surface area is 185 Å². The van der Waals surface area contributed by atoms with Crippen LogP contribution in [0.2, 0.25) is 0 Å². The third kappa shape index (κ3) is 5.06. The molecule has 7 heteroatoms. The molecular formula is C23H28O5S2. The molecule has 2 aromatic carbocycles. The number of carbonyl (C=O) groups excluding carboxylic acids is 2. The molecule has 2 aromatic rings. The number of hydrogen-bond donors (Lipinski definition) is 1. The SMILES string of the molecule is COc1cccc2cc(CC3(C)SCCS3)c(C(=O)CC(=O)OC(C)(C)C)c(O)c12. The molecule has 0 atom stereocenters. The predicted molar refractivity (Wildman–Crippen MR) is 124 cm³/mol. The van der Waals surface area contributed by atoms with Crippen molar-refractivity contribution < 1.29 is 24.2 Å². The molecule has 0 bridgehead atoms. The van der Waals surface area contributed by atoms with Gasteiger partial charge in [-0.25, -0.2) is 0 Å². The summed E-state index contributed by atoms with van der Waals surface area (Å²) in [6.45, 7) is 7.43. The molecule has 30 heavy (non-hydrogen) atoms. The Balaban J connectivity index is 2.08. The molecule has 0 amide bonds. The van der Waals surface area contributed by atoms with Crippen molar-refractivity contribution in [2.45, 2.75) is 50.2 Å². The molecule has 1 aliphatic heterocycles. The maximum Gasteiger partial charge on any atom is 0.314 e. The summed E-state index contributed by atoms with van der Waals surface area (Å²) in [6, 6.07) is 7.42. The first-order valence-corrected chi connectivity index (χ1v) is 11.8. The van der Waals surface area contributed by atoms with Gasteiger partial charge < -0.3 is 14.6 Å². The third-order valence-electron chi connectivity index (χ3n) is 4.82.